The van der Waals surface area contributed by atoms with Gasteiger partial charge in [0, 0.05) is 5.92 Å². The fraction of sp³-hybridized carbons (Fsp3) is 0.600. The van der Waals surface area contributed by atoms with Crippen LogP contribution in [0.5, 0.6) is 0 Å². The maximum atomic E-state index is 14.7. The van der Waals surface area contributed by atoms with Gasteiger partial charge < -0.3 is 10.1 Å². The Labute approximate surface area is 162 Å². The molecule has 5 rings (SSSR count). The standard InChI is InChI=1S/C20H23FN2O3S/c21-17-6-12(4-5-14(17)18-15-9-27-10-16(15)18)23-8-13(26-20(23)25)7-22-19(24)11-2-1-3-11/h4-6,11,13,15-16,18H,1-3,7-10H2,(H,22,24)/t13-,15-,16+,18+/m0/s1. The Morgan fingerprint density at radius 2 is 2.07 bits per heavy atom. The zero-order valence-electron chi connectivity index (χ0n) is 15.0. The number of fused-ring (bicyclic) bond motifs is 1. The molecule has 1 N–H and O–H groups in total. The lowest BCUT2D eigenvalue weighted by Crippen LogP contribution is -2.39. The van der Waals surface area contributed by atoms with E-state index in [4.69, 9.17) is 4.74 Å². The summed E-state index contributed by atoms with van der Waals surface area (Å²) >= 11 is 1.95. The van der Waals surface area contributed by atoms with Gasteiger partial charge in [0.25, 0.3) is 0 Å². The van der Waals surface area contributed by atoms with Gasteiger partial charge in [-0.3, -0.25) is 9.69 Å². The molecule has 2 aliphatic carbocycles. The highest BCUT2D eigenvalue weighted by molar-refractivity contribution is 7.99. The van der Waals surface area contributed by atoms with Crippen LogP contribution in [0.3, 0.4) is 0 Å². The normalized spacial score (nSPS) is 32.0. The van der Waals surface area contributed by atoms with E-state index in [9.17, 15) is 14.0 Å². The third-order valence-electron chi connectivity index (χ3n) is 6.46. The quantitative estimate of drug-likeness (QED) is 0.839. The van der Waals surface area contributed by atoms with Gasteiger partial charge in [0.15, 0.2) is 0 Å². The molecule has 7 heteroatoms. The van der Waals surface area contributed by atoms with E-state index in [0.717, 1.165) is 36.3 Å². The Morgan fingerprint density at radius 1 is 1.30 bits per heavy atom. The highest BCUT2D eigenvalue weighted by atomic mass is 32.2. The van der Waals surface area contributed by atoms with Crippen LogP contribution in [0.2, 0.25) is 0 Å². The number of rotatable bonds is 5. The third kappa shape index (κ3) is 3.10. The molecule has 5 nitrogen and oxygen atoms in total. The Balaban J connectivity index is 1.21. The molecule has 4 fully saturated rings. The van der Waals surface area contributed by atoms with Gasteiger partial charge >= 0.3 is 6.09 Å². The first-order chi connectivity index (χ1) is 13.1. The lowest BCUT2D eigenvalue weighted by atomic mass is 9.85. The van der Waals surface area contributed by atoms with Gasteiger partial charge in [0.05, 0.1) is 18.8 Å². The highest BCUT2D eigenvalue weighted by Gasteiger charge is 2.54. The van der Waals surface area contributed by atoms with Crippen LogP contribution < -0.4 is 10.2 Å². The van der Waals surface area contributed by atoms with Crippen LogP contribution in [0, 0.1) is 23.6 Å². The predicted molar refractivity (Wildman–Crippen MR) is 101 cm³/mol. The molecule has 27 heavy (non-hydrogen) atoms. The maximum Gasteiger partial charge on any atom is 0.414 e. The van der Waals surface area contributed by atoms with Crippen molar-refractivity contribution in [2.45, 2.75) is 31.3 Å². The summed E-state index contributed by atoms with van der Waals surface area (Å²) in [4.78, 5) is 25.6. The number of amides is 2. The minimum absolute atomic E-state index is 0.0410. The van der Waals surface area contributed by atoms with Crippen LogP contribution in [0.1, 0.15) is 30.7 Å². The minimum Gasteiger partial charge on any atom is -0.442 e. The van der Waals surface area contributed by atoms with Crippen molar-refractivity contribution < 1.29 is 18.7 Å². The molecule has 4 atom stereocenters. The fourth-order valence-electron chi connectivity index (χ4n) is 4.52. The first-order valence-corrected chi connectivity index (χ1v) is 10.9. The number of nitrogens with zero attached hydrogens (tertiary/aromatic N) is 1. The Kier molecular flexibility index (Phi) is 4.30. The third-order valence-corrected chi connectivity index (χ3v) is 7.70. The summed E-state index contributed by atoms with van der Waals surface area (Å²) in [5.41, 5.74) is 1.31. The SMILES string of the molecule is O=C(NC[C@H]1CN(c2ccc([C@H]3[C@@H]4CSC[C@@H]43)c(F)c2)C(=O)O1)C1CCC1. The zero-order chi connectivity index (χ0) is 18.5. The molecule has 0 unspecified atom stereocenters. The largest absolute Gasteiger partial charge is 0.442 e. The second kappa shape index (κ2) is 6.69. The van der Waals surface area contributed by atoms with Gasteiger partial charge in [0.1, 0.15) is 11.9 Å². The van der Waals surface area contributed by atoms with E-state index in [-0.39, 0.29) is 17.6 Å². The number of hydrogen-bond donors (Lipinski definition) is 1. The first-order valence-electron chi connectivity index (χ1n) is 9.75. The molecule has 4 aliphatic rings. The van der Waals surface area contributed by atoms with Crippen molar-refractivity contribution in [3.63, 3.8) is 0 Å². The average molecular weight is 390 g/mol. The van der Waals surface area contributed by atoms with Crippen LogP contribution >= 0.6 is 11.8 Å². The molecule has 1 aromatic carbocycles. The summed E-state index contributed by atoms with van der Waals surface area (Å²) in [6, 6.07) is 5.10. The van der Waals surface area contributed by atoms with Crippen LogP contribution in [0.25, 0.3) is 0 Å². The van der Waals surface area contributed by atoms with Crippen molar-refractivity contribution in [1.29, 1.82) is 0 Å². The number of cyclic esters (lactones) is 1. The lowest BCUT2D eigenvalue weighted by molar-refractivity contribution is -0.127. The Morgan fingerprint density at radius 3 is 2.74 bits per heavy atom. The van der Waals surface area contributed by atoms with E-state index < -0.39 is 12.2 Å². The second-order valence-electron chi connectivity index (χ2n) is 8.09. The minimum atomic E-state index is -0.482. The number of ether oxygens (including phenoxy) is 1. The second-order valence-corrected chi connectivity index (χ2v) is 9.16. The van der Waals surface area contributed by atoms with E-state index in [1.165, 1.54) is 11.0 Å². The van der Waals surface area contributed by atoms with Crippen LogP contribution in [-0.2, 0) is 9.53 Å². The molecule has 2 aliphatic heterocycles. The van der Waals surface area contributed by atoms with Crippen LogP contribution in [0.4, 0.5) is 14.9 Å². The molecule has 2 heterocycles. The molecule has 2 saturated carbocycles. The monoisotopic (exact) mass is 390 g/mol. The smallest absolute Gasteiger partial charge is 0.414 e. The molecular weight excluding hydrogens is 367 g/mol. The molecule has 144 valence electrons. The Hall–Kier alpha value is -1.76. The number of thioether (sulfide) groups is 1. The number of nitrogens with one attached hydrogen (secondary N) is 1. The summed E-state index contributed by atoms with van der Waals surface area (Å²) < 4.78 is 20.0. The van der Waals surface area contributed by atoms with Gasteiger partial charge in [-0.15, -0.1) is 0 Å². The Bertz CT molecular complexity index is 774. The average Bonchev–Trinajstić information content (AvgIpc) is 2.94. The lowest BCUT2D eigenvalue weighted by Gasteiger charge is -2.24. The van der Waals surface area contributed by atoms with E-state index in [1.807, 2.05) is 23.9 Å². The molecule has 0 spiro atoms. The molecule has 2 amide bonds. The summed E-state index contributed by atoms with van der Waals surface area (Å²) in [5.74, 6) is 3.77. The summed E-state index contributed by atoms with van der Waals surface area (Å²) in [7, 11) is 0. The van der Waals surface area contributed by atoms with E-state index in [0.29, 0.717) is 36.5 Å². The molecule has 1 aromatic rings. The summed E-state index contributed by atoms with van der Waals surface area (Å²) in [5, 5.41) is 2.87. The van der Waals surface area contributed by atoms with Crippen LogP contribution in [0.15, 0.2) is 18.2 Å². The van der Waals surface area contributed by atoms with Gasteiger partial charge in [0.2, 0.25) is 5.91 Å². The van der Waals surface area contributed by atoms with Crippen molar-refractivity contribution in [3.05, 3.63) is 29.6 Å². The van der Waals surface area contributed by atoms with Crippen molar-refractivity contribution in [3.8, 4) is 0 Å². The van der Waals surface area contributed by atoms with Crippen molar-refractivity contribution >= 4 is 29.4 Å². The predicted octanol–water partition coefficient (Wildman–Crippen LogP) is 3.14. The summed E-state index contributed by atoms with van der Waals surface area (Å²) in [6.45, 7) is 0.634. The molecule has 0 bridgehead atoms. The number of halogens is 1. The number of anilines is 1. The van der Waals surface area contributed by atoms with E-state index in [1.54, 1.807) is 0 Å². The van der Waals surface area contributed by atoms with Crippen molar-refractivity contribution in [2.24, 2.45) is 17.8 Å². The first kappa shape index (κ1) is 17.3. The number of hydrogen-bond acceptors (Lipinski definition) is 4. The topological polar surface area (TPSA) is 58.6 Å². The molecule has 2 saturated heterocycles. The van der Waals surface area contributed by atoms with Gasteiger partial charge in [-0.1, -0.05) is 12.5 Å². The molecule has 0 aromatic heterocycles. The van der Waals surface area contributed by atoms with E-state index >= 15 is 0 Å². The number of carbonyl (C=O) groups excluding carboxylic acids is 2. The van der Waals surface area contributed by atoms with E-state index in [2.05, 4.69) is 5.32 Å². The fourth-order valence-corrected chi connectivity index (χ4v) is 6.11. The highest BCUT2D eigenvalue weighted by Crippen LogP contribution is 2.61. The van der Waals surface area contributed by atoms with Gasteiger partial charge in [-0.25, -0.2) is 9.18 Å². The summed E-state index contributed by atoms with van der Waals surface area (Å²) in [6.07, 6.45) is 2.10. The van der Waals surface area contributed by atoms with Crippen molar-refractivity contribution in [1.82, 2.24) is 5.32 Å². The van der Waals surface area contributed by atoms with Crippen LogP contribution in [-0.4, -0.2) is 42.7 Å². The molecular formula is C20H23FN2O3S. The van der Waals surface area contributed by atoms with Crippen molar-refractivity contribution in [2.75, 3.05) is 29.5 Å². The van der Waals surface area contributed by atoms with Gasteiger partial charge in [-0.2, -0.15) is 11.8 Å². The molecule has 0 radical (unpaired) electrons. The van der Waals surface area contributed by atoms with Gasteiger partial charge in [-0.05, 0) is 59.8 Å². The zero-order valence-corrected chi connectivity index (χ0v) is 15.8. The number of benzene rings is 1. The maximum absolute atomic E-state index is 14.7. The number of carbonyl (C=O) groups is 2.